The van der Waals surface area contributed by atoms with E-state index in [1.54, 1.807) is 38.1 Å². The number of phenols is 1. The van der Waals surface area contributed by atoms with Crippen LogP contribution in [0.2, 0.25) is 0 Å². The highest BCUT2D eigenvalue weighted by molar-refractivity contribution is 6.56. The van der Waals surface area contributed by atoms with Crippen molar-refractivity contribution in [2.24, 2.45) is 5.73 Å². The van der Waals surface area contributed by atoms with Crippen molar-refractivity contribution >= 4 is 40.6 Å². The second-order valence-corrected chi connectivity index (χ2v) is 11.8. The highest BCUT2D eigenvalue weighted by atomic mass is 16.5. The Morgan fingerprint density at radius 3 is 2.16 bits per heavy atom. The number of primary amides is 1. The van der Waals surface area contributed by atoms with Gasteiger partial charge in [-0.25, -0.2) is 0 Å². The minimum absolute atomic E-state index is 0.0526. The van der Waals surface area contributed by atoms with E-state index in [2.05, 4.69) is 0 Å². The maximum absolute atomic E-state index is 15.2. The lowest BCUT2D eigenvalue weighted by Gasteiger charge is -2.44. The smallest absolute Gasteiger partial charge is 0.300 e. The number of nitrogens with two attached hydrogens (primary N) is 1. The van der Waals surface area contributed by atoms with Crippen molar-refractivity contribution in [3.8, 4) is 17.2 Å². The van der Waals surface area contributed by atoms with Crippen LogP contribution < -0.4 is 20.1 Å². The minimum Gasteiger partial charge on any atom is -0.507 e. The number of hydrogen-bond donors (Lipinski definition) is 3. The molecule has 1 atom stereocenters. The zero-order chi connectivity index (χ0) is 32.6. The summed E-state index contributed by atoms with van der Waals surface area (Å²) in [5.74, 6) is -4.84. The molecular weight excluding hydrogens is 578 g/mol. The average Bonchev–Trinajstić information content (AvgIpc) is 3.40. The van der Waals surface area contributed by atoms with Gasteiger partial charge in [0, 0.05) is 16.7 Å². The van der Waals surface area contributed by atoms with Gasteiger partial charge in [-0.15, -0.1) is 0 Å². The largest absolute Gasteiger partial charge is 0.507 e. The number of nitrogens with zero attached hydrogens (tertiary/aromatic N) is 2. The Hall–Kier alpha value is -5.58. The number of benzene rings is 3. The number of hydrogen-bond acceptors (Lipinski definition) is 8. The number of aryl methyl sites for hydroxylation is 1. The molecule has 1 unspecified atom stereocenters. The standard InChI is InChI=1S/C34H31N3O8/c1-17-10-12-18(13-11-17)28(39)26-29(40)31(42)36(21-8-6-7-9-22(21)38)34(26)25(30(35)41)27-20-15-24(45-5)23(44-4)14-19(20)16-33(2,3)37(27)32(34)43/h6-15,38-39H,16H2,1-5H3,(H2,35,41)/b28-26-. The number of fused-ring (bicyclic) bond motifs is 3. The first-order valence-electron chi connectivity index (χ1n) is 14.1. The highest BCUT2D eigenvalue weighted by Gasteiger charge is 2.72. The number of carbonyl (C=O) groups is 4. The lowest BCUT2D eigenvalue weighted by atomic mass is 9.79. The lowest BCUT2D eigenvalue weighted by Crippen LogP contribution is -2.60. The number of Topliss-reactive ketones (excluding diaryl/α,β-unsaturated/α-hetero) is 1. The topological polar surface area (TPSA) is 160 Å². The molecule has 0 aliphatic carbocycles. The number of methoxy groups -OCH3 is 2. The fourth-order valence-corrected chi connectivity index (χ4v) is 6.77. The number of ether oxygens (including phenoxy) is 2. The van der Waals surface area contributed by atoms with E-state index in [4.69, 9.17) is 15.2 Å². The molecule has 1 saturated heterocycles. The van der Waals surface area contributed by atoms with Gasteiger partial charge in [-0.05, 0) is 57.0 Å². The van der Waals surface area contributed by atoms with Crippen LogP contribution in [0.3, 0.4) is 0 Å². The molecular formula is C34H31N3O8. The van der Waals surface area contributed by atoms with E-state index in [-0.39, 0.29) is 23.4 Å². The van der Waals surface area contributed by atoms with Gasteiger partial charge >= 0.3 is 5.91 Å². The zero-order valence-electron chi connectivity index (χ0n) is 25.3. The van der Waals surface area contributed by atoms with Crippen LogP contribution in [0.15, 0.2) is 71.8 Å². The molecule has 0 bridgehead atoms. The first kappa shape index (κ1) is 29.5. The molecule has 0 saturated carbocycles. The van der Waals surface area contributed by atoms with Crippen molar-refractivity contribution in [2.45, 2.75) is 38.3 Å². The average molecular weight is 610 g/mol. The summed E-state index contributed by atoms with van der Waals surface area (Å²) in [6.07, 6.45) is 0.279. The highest BCUT2D eigenvalue weighted by Crippen LogP contribution is 2.58. The Morgan fingerprint density at radius 2 is 1.56 bits per heavy atom. The van der Waals surface area contributed by atoms with Gasteiger partial charge in [0.05, 0.1) is 36.8 Å². The summed E-state index contributed by atoms with van der Waals surface area (Å²) in [5, 5.41) is 22.8. The summed E-state index contributed by atoms with van der Waals surface area (Å²) in [5.41, 5.74) is 3.37. The molecule has 1 fully saturated rings. The molecule has 3 aliphatic heterocycles. The fourth-order valence-electron chi connectivity index (χ4n) is 6.77. The Kier molecular flexibility index (Phi) is 6.54. The van der Waals surface area contributed by atoms with Gasteiger partial charge in [0.2, 0.25) is 5.91 Å². The van der Waals surface area contributed by atoms with Gasteiger partial charge in [-0.3, -0.25) is 24.1 Å². The minimum atomic E-state index is -2.57. The van der Waals surface area contributed by atoms with Crippen LogP contribution in [0, 0.1) is 6.92 Å². The number of carbonyl (C=O) groups excluding carboxylic acids is 4. The van der Waals surface area contributed by atoms with Crippen LogP contribution >= 0.6 is 0 Å². The number of amides is 3. The number of rotatable bonds is 5. The Balaban J connectivity index is 1.82. The number of anilines is 1. The predicted molar refractivity (Wildman–Crippen MR) is 164 cm³/mol. The second kappa shape index (κ2) is 9.98. The van der Waals surface area contributed by atoms with Crippen LogP contribution in [-0.2, 0) is 25.6 Å². The molecule has 45 heavy (non-hydrogen) atoms. The Bertz CT molecular complexity index is 1910. The quantitative estimate of drug-likeness (QED) is 0.225. The number of aliphatic hydroxyl groups is 1. The number of ketones is 1. The van der Waals surface area contributed by atoms with Gasteiger partial charge in [0.25, 0.3) is 11.7 Å². The second-order valence-electron chi connectivity index (χ2n) is 11.8. The lowest BCUT2D eigenvalue weighted by molar-refractivity contribution is -0.135. The van der Waals surface area contributed by atoms with E-state index in [0.717, 1.165) is 10.5 Å². The fraction of sp³-hybridized carbons (Fsp3) is 0.235. The molecule has 11 nitrogen and oxygen atoms in total. The van der Waals surface area contributed by atoms with E-state index in [1.165, 1.54) is 55.5 Å². The van der Waals surface area contributed by atoms with Gasteiger partial charge in [0.15, 0.2) is 17.0 Å². The molecule has 3 amide bonds. The van der Waals surface area contributed by atoms with Gasteiger partial charge in [-0.2, -0.15) is 0 Å². The number of phenolic OH excluding ortho intramolecular Hbond substituents is 1. The Morgan fingerprint density at radius 1 is 0.933 bits per heavy atom. The van der Waals surface area contributed by atoms with Crippen LogP contribution in [0.25, 0.3) is 11.5 Å². The van der Waals surface area contributed by atoms with Crippen molar-refractivity contribution in [1.82, 2.24) is 4.90 Å². The molecule has 0 aromatic heterocycles. The van der Waals surface area contributed by atoms with Crippen molar-refractivity contribution in [1.29, 1.82) is 0 Å². The molecule has 3 aromatic rings. The third kappa shape index (κ3) is 3.89. The summed E-state index contributed by atoms with van der Waals surface area (Å²) in [7, 11) is 2.92. The third-order valence-corrected chi connectivity index (χ3v) is 8.68. The molecule has 3 aliphatic rings. The predicted octanol–water partition coefficient (Wildman–Crippen LogP) is 3.42. The molecule has 3 aromatic carbocycles. The normalized spacial score (nSPS) is 21.3. The third-order valence-electron chi connectivity index (χ3n) is 8.68. The van der Waals surface area contributed by atoms with E-state index < -0.39 is 57.2 Å². The van der Waals surface area contributed by atoms with E-state index in [0.29, 0.717) is 22.6 Å². The molecule has 230 valence electrons. The van der Waals surface area contributed by atoms with Crippen molar-refractivity contribution in [3.63, 3.8) is 0 Å². The SMILES string of the molecule is COc1cc2c(cc1OC)C1=C(C(N)=O)C3(C(=O)N1C(C)(C)C2)/C(=C(\O)c1ccc(C)cc1)C(=O)C(=O)N3c1ccccc1O. The van der Waals surface area contributed by atoms with Crippen molar-refractivity contribution < 1.29 is 38.9 Å². The molecule has 0 radical (unpaired) electrons. The summed E-state index contributed by atoms with van der Waals surface area (Å²) < 4.78 is 11.1. The molecule has 1 spiro atoms. The van der Waals surface area contributed by atoms with Gasteiger partial charge in [-0.1, -0.05) is 42.0 Å². The van der Waals surface area contributed by atoms with Gasteiger partial charge < -0.3 is 30.3 Å². The summed E-state index contributed by atoms with van der Waals surface area (Å²) in [6.45, 7) is 5.37. The molecule has 3 heterocycles. The zero-order valence-corrected chi connectivity index (χ0v) is 25.3. The van der Waals surface area contributed by atoms with Crippen LogP contribution in [0.4, 0.5) is 5.69 Å². The van der Waals surface area contributed by atoms with Crippen LogP contribution in [0.1, 0.15) is 36.1 Å². The summed E-state index contributed by atoms with van der Waals surface area (Å²) >= 11 is 0. The van der Waals surface area contributed by atoms with Gasteiger partial charge in [0.1, 0.15) is 11.5 Å². The Labute approximate surface area is 258 Å². The number of aliphatic hydroxyl groups excluding tert-OH is 1. The maximum Gasteiger partial charge on any atom is 0.300 e. The molecule has 6 rings (SSSR count). The summed E-state index contributed by atoms with van der Waals surface area (Å²) in [6, 6.07) is 15.4. The van der Waals surface area contributed by atoms with E-state index >= 15 is 4.79 Å². The van der Waals surface area contributed by atoms with E-state index in [9.17, 15) is 24.6 Å². The summed E-state index contributed by atoms with van der Waals surface area (Å²) in [4.78, 5) is 59.3. The maximum atomic E-state index is 15.2. The monoisotopic (exact) mass is 609 g/mol. The van der Waals surface area contributed by atoms with Crippen LogP contribution in [0.5, 0.6) is 17.2 Å². The number of para-hydroxylation sites is 2. The van der Waals surface area contributed by atoms with Crippen molar-refractivity contribution in [2.75, 3.05) is 19.1 Å². The molecule has 4 N–H and O–H groups in total. The number of aromatic hydroxyl groups is 1. The first-order valence-corrected chi connectivity index (χ1v) is 14.1. The van der Waals surface area contributed by atoms with E-state index in [1.807, 2.05) is 6.92 Å². The van der Waals surface area contributed by atoms with Crippen LogP contribution in [-0.4, -0.2) is 63.9 Å². The van der Waals surface area contributed by atoms with Crippen molar-refractivity contribution in [3.05, 3.63) is 94.1 Å². The molecule has 11 heteroatoms. The first-order chi connectivity index (χ1) is 21.3.